The Labute approximate surface area is 276 Å². The molecule has 2 amide bonds. The van der Waals surface area contributed by atoms with Gasteiger partial charge in [0.25, 0.3) is 0 Å². The van der Waals surface area contributed by atoms with Crippen molar-refractivity contribution < 1.29 is 28.6 Å². The van der Waals surface area contributed by atoms with Gasteiger partial charge in [0.15, 0.2) is 0 Å². The minimum atomic E-state index is -0.545. The number of hydrogen-bond donors (Lipinski definition) is 5. The van der Waals surface area contributed by atoms with E-state index in [0.717, 1.165) is 97.1 Å². The average Bonchev–Trinajstić information content (AvgIpc) is 3.42. The van der Waals surface area contributed by atoms with Gasteiger partial charge in [-0.05, 0) is 111 Å². The molecular weight excluding hydrogens is 588 g/mol. The van der Waals surface area contributed by atoms with Crippen molar-refractivity contribution in [1.29, 1.82) is 0 Å². The number of rotatable bonds is 11. The number of esters is 1. The number of amides is 2. The zero-order valence-electron chi connectivity index (χ0n) is 29.3. The molecule has 0 aromatic carbocycles. The van der Waals surface area contributed by atoms with E-state index in [1.807, 2.05) is 41.5 Å². The van der Waals surface area contributed by atoms with Gasteiger partial charge < -0.3 is 24.8 Å². The highest BCUT2D eigenvalue weighted by molar-refractivity contribution is 5.83. The van der Waals surface area contributed by atoms with E-state index in [9.17, 15) is 14.4 Å². The van der Waals surface area contributed by atoms with Crippen molar-refractivity contribution in [2.24, 2.45) is 17.8 Å². The lowest BCUT2D eigenvalue weighted by Gasteiger charge is -2.40. The Morgan fingerprint density at radius 3 is 2.07 bits per heavy atom. The standard InChI is InChI=1S/C34H62N6O6/c1-33(2,3)45-29(41)21-35-30(42)24-9-7-23(8-10-24)25-19-36-31(37-20-25)38-26-11-13-28(14-12-26)44-18-17-40-16-15-27(22-40)39-32(43)46-34(4,5)6/h23-28,31,36-38H,7-22H2,1-6H3,(H,35,42)(H,39,43). The first kappa shape index (κ1) is 36.8. The van der Waals surface area contributed by atoms with E-state index in [0.29, 0.717) is 24.0 Å². The SMILES string of the molecule is CC(C)(C)OC(=O)CNC(=O)C1CCC(C2CNC(NC3CCC(OCCN4CCC(NC(=O)OC(C)(C)C)C4)CC3)NC2)CC1. The molecule has 12 nitrogen and oxygen atoms in total. The average molecular weight is 651 g/mol. The van der Waals surface area contributed by atoms with Gasteiger partial charge in [0.2, 0.25) is 5.91 Å². The molecule has 1 atom stereocenters. The highest BCUT2D eigenvalue weighted by atomic mass is 16.6. The van der Waals surface area contributed by atoms with Crippen molar-refractivity contribution in [3.63, 3.8) is 0 Å². The van der Waals surface area contributed by atoms with Crippen LogP contribution in [0.1, 0.15) is 99.3 Å². The summed E-state index contributed by atoms with van der Waals surface area (Å²) < 4.78 is 16.9. The summed E-state index contributed by atoms with van der Waals surface area (Å²) in [6.45, 7) is 16.5. The minimum absolute atomic E-state index is 0.0163. The summed E-state index contributed by atoms with van der Waals surface area (Å²) >= 11 is 0. The molecule has 0 spiro atoms. The maximum absolute atomic E-state index is 12.6. The van der Waals surface area contributed by atoms with Crippen molar-refractivity contribution >= 4 is 18.0 Å². The molecule has 2 aliphatic heterocycles. The molecule has 0 bridgehead atoms. The van der Waals surface area contributed by atoms with Crippen molar-refractivity contribution in [3.05, 3.63) is 0 Å². The van der Waals surface area contributed by atoms with Gasteiger partial charge >= 0.3 is 12.1 Å². The molecule has 12 heteroatoms. The second-order valence-electron chi connectivity index (χ2n) is 15.9. The van der Waals surface area contributed by atoms with Crippen LogP contribution in [0.5, 0.6) is 0 Å². The van der Waals surface area contributed by atoms with Crippen LogP contribution in [0.15, 0.2) is 0 Å². The Bertz CT molecular complexity index is 976. The third kappa shape index (κ3) is 12.9. The van der Waals surface area contributed by atoms with Crippen molar-refractivity contribution in [1.82, 2.24) is 31.5 Å². The summed E-state index contributed by atoms with van der Waals surface area (Å²) in [4.78, 5) is 38.9. The summed E-state index contributed by atoms with van der Waals surface area (Å²) in [6, 6.07) is 0.620. The normalized spacial score (nSPS) is 31.2. The van der Waals surface area contributed by atoms with Crippen LogP contribution in [-0.2, 0) is 23.8 Å². The van der Waals surface area contributed by atoms with Gasteiger partial charge in [-0.1, -0.05) is 0 Å². The van der Waals surface area contributed by atoms with Crippen LogP contribution in [-0.4, -0.2) is 104 Å². The molecule has 2 aliphatic carbocycles. The van der Waals surface area contributed by atoms with E-state index >= 15 is 0 Å². The first-order chi connectivity index (χ1) is 21.7. The van der Waals surface area contributed by atoms with Crippen LogP contribution in [0, 0.1) is 17.8 Å². The fourth-order valence-electron chi connectivity index (χ4n) is 7.28. The summed E-state index contributed by atoms with van der Waals surface area (Å²) in [5, 5.41) is 16.9. The van der Waals surface area contributed by atoms with E-state index < -0.39 is 17.2 Å². The lowest BCUT2D eigenvalue weighted by atomic mass is 9.75. The third-order valence-corrected chi connectivity index (χ3v) is 9.64. The molecule has 1 unspecified atom stereocenters. The number of carbonyl (C=O) groups excluding carboxylic acids is 3. The number of likely N-dealkylation sites (tertiary alicyclic amines) is 1. The predicted molar refractivity (Wildman–Crippen MR) is 177 cm³/mol. The molecular formula is C34H62N6O6. The fourth-order valence-corrected chi connectivity index (χ4v) is 7.28. The third-order valence-electron chi connectivity index (χ3n) is 9.64. The van der Waals surface area contributed by atoms with E-state index in [1.54, 1.807) is 0 Å². The molecule has 4 fully saturated rings. The smallest absolute Gasteiger partial charge is 0.407 e. The van der Waals surface area contributed by atoms with Gasteiger partial charge in [-0.15, -0.1) is 0 Å². The monoisotopic (exact) mass is 650 g/mol. The number of carbonyl (C=O) groups is 3. The number of hydrogen-bond acceptors (Lipinski definition) is 10. The van der Waals surface area contributed by atoms with E-state index in [1.165, 1.54) is 0 Å². The summed E-state index contributed by atoms with van der Waals surface area (Å²) in [7, 11) is 0. The van der Waals surface area contributed by atoms with Crippen LogP contribution >= 0.6 is 0 Å². The number of nitrogens with one attached hydrogen (secondary N) is 5. The van der Waals surface area contributed by atoms with E-state index in [2.05, 4.69) is 31.5 Å². The quantitative estimate of drug-likeness (QED) is 0.212. The number of ether oxygens (including phenoxy) is 3. The van der Waals surface area contributed by atoms with Gasteiger partial charge in [-0.25, -0.2) is 4.79 Å². The van der Waals surface area contributed by atoms with Crippen molar-refractivity contribution in [2.45, 2.75) is 135 Å². The van der Waals surface area contributed by atoms with Crippen LogP contribution in [0.25, 0.3) is 0 Å². The molecule has 264 valence electrons. The molecule has 0 aromatic rings. The summed E-state index contributed by atoms with van der Waals surface area (Å²) in [5.41, 5.74) is -1.02. The fraction of sp³-hybridized carbons (Fsp3) is 0.912. The second kappa shape index (κ2) is 16.9. The van der Waals surface area contributed by atoms with E-state index in [-0.39, 0.29) is 36.8 Å². The lowest BCUT2D eigenvalue weighted by Crippen LogP contribution is -2.63. The maximum Gasteiger partial charge on any atom is 0.407 e. The highest BCUT2D eigenvalue weighted by Gasteiger charge is 2.34. The molecule has 4 rings (SSSR count). The Morgan fingerprint density at radius 1 is 0.783 bits per heavy atom. The molecule has 2 heterocycles. The van der Waals surface area contributed by atoms with Gasteiger partial charge in [0.05, 0.1) is 12.7 Å². The Balaban J connectivity index is 1.02. The molecule has 5 N–H and O–H groups in total. The lowest BCUT2D eigenvalue weighted by molar-refractivity contribution is -0.154. The maximum atomic E-state index is 12.6. The summed E-state index contributed by atoms with van der Waals surface area (Å²) in [6.07, 6.45) is 9.26. The van der Waals surface area contributed by atoms with Gasteiger partial charge in [0, 0.05) is 50.7 Å². The first-order valence-corrected chi connectivity index (χ1v) is 17.8. The first-order valence-electron chi connectivity index (χ1n) is 17.8. The molecule has 0 radical (unpaired) electrons. The zero-order chi connectivity index (χ0) is 33.3. The molecule has 0 aromatic heterocycles. The van der Waals surface area contributed by atoms with Crippen LogP contribution in [0.3, 0.4) is 0 Å². The van der Waals surface area contributed by atoms with Gasteiger partial charge in [0.1, 0.15) is 24.0 Å². The molecule has 46 heavy (non-hydrogen) atoms. The topological polar surface area (TPSA) is 142 Å². The van der Waals surface area contributed by atoms with Crippen LogP contribution < -0.4 is 26.6 Å². The zero-order valence-corrected chi connectivity index (χ0v) is 29.3. The number of nitrogens with zero attached hydrogens (tertiary/aromatic N) is 1. The minimum Gasteiger partial charge on any atom is -0.459 e. The van der Waals surface area contributed by atoms with E-state index in [4.69, 9.17) is 14.2 Å². The highest BCUT2D eigenvalue weighted by Crippen LogP contribution is 2.34. The van der Waals surface area contributed by atoms with Gasteiger partial charge in [-0.3, -0.25) is 30.4 Å². The Hall–Kier alpha value is -1.99. The van der Waals surface area contributed by atoms with Crippen molar-refractivity contribution in [3.8, 4) is 0 Å². The Kier molecular flexibility index (Phi) is 13.5. The molecule has 2 saturated carbocycles. The van der Waals surface area contributed by atoms with Crippen molar-refractivity contribution in [2.75, 3.05) is 45.9 Å². The molecule has 2 saturated heterocycles. The summed E-state index contributed by atoms with van der Waals surface area (Å²) in [5.74, 6) is 0.737. The predicted octanol–water partition coefficient (Wildman–Crippen LogP) is 2.86. The number of alkyl carbamates (subject to hydrolysis) is 1. The van der Waals surface area contributed by atoms with Gasteiger partial charge in [-0.2, -0.15) is 0 Å². The van der Waals surface area contributed by atoms with Crippen LogP contribution in [0.4, 0.5) is 4.79 Å². The van der Waals surface area contributed by atoms with Crippen LogP contribution in [0.2, 0.25) is 0 Å². The Morgan fingerprint density at radius 2 is 1.43 bits per heavy atom. The largest absolute Gasteiger partial charge is 0.459 e. The second-order valence-corrected chi connectivity index (χ2v) is 15.9. The molecule has 4 aliphatic rings.